The summed E-state index contributed by atoms with van der Waals surface area (Å²) in [5.41, 5.74) is 0. The third kappa shape index (κ3) is 120. The summed E-state index contributed by atoms with van der Waals surface area (Å²) < 4.78 is 18.3. The van der Waals surface area contributed by atoms with E-state index in [0.717, 1.165) is 0 Å². The van der Waals surface area contributed by atoms with Gasteiger partial charge in [0, 0.05) is 4.57 Å². The van der Waals surface area contributed by atoms with Gasteiger partial charge in [0.1, 0.15) is 0 Å². The van der Waals surface area contributed by atoms with E-state index in [1.807, 2.05) is 0 Å². The molecule has 3 nitrogen and oxygen atoms in total. The van der Waals surface area contributed by atoms with Crippen molar-refractivity contribution in [3.63, 3.8) is 0 Å². The molecule has 0 aliphatic carbocycles. The molecular formula is C62H138O3P+. The minimum Gasteiger partial charge on any atom is -0.122 e. The minimum absolute atomic E-state index is 1.32. The number of hydrogen-bond donors (Lipinski definition) is 0. The summed E-state index contributed by atoms with van der Waals surface area (Å²) in [6, 6.07) is 0. The monoisotopic (exact) mass is 962 g/mol. The number of hydrogen-bond acceptors (Lipinski definition) is 3. The molecular weight excluding hydrogens is 824 g/mol. The zero-order valence-electron chi connectivity index (χ0n) is 49.6. The zero-order valence-corrected chi connectivity index (χ0v) is 50.5. The summed E-state index contributed by atoms with van der Waals surface area (Å²) in [5, 5.41) is 0. The summed E-state index contributed by atoms with van der Waals surface area (Å²) in [6.07, 6.45) is 68.8. The average molecular weight is 963 g/mol. The van der Waals surface area contributed by atoms with Gasteiger partial charge < -0.3 is 0 Å². The van der Waals surface area contributed by atoms with Crippen LogP contribution >= 0.6 is 8.25 Å². The van der Waals surface area contributed by atoms with Gasteiger partial charge >= 0.3 is 8.25 Å². The van der Waals surface area contributed by atoms with Crippen LogP contribution in [-0.2, 0) is 13.6 Å². The van der Waals surface area contributed by atoms with Crippen molar-refractivity contribution in [3.8, 4) is 0 Å². The van der Waals surface area contributed by atoms with E-state index < -0.39 is 8.25 Å². The normalized spacial score (nSPS) is 10.0. The largest absolute Gasteiger partial charge is 0.696 e. The fourth-order valence-electron chi connectivity index (χ4n) is 7.32. The van der Waals surface area contributed by atoms with Crippen LogP contribution in [0.1, 0.15) is 391 Å². The van der Waals surface area contributed by atoms with E-state index in [2.05, 4.69) is 92.1 Å². The maximum Gasteiger partial charge on any atom is 0.696 e. The SMILES string of the molecule is CCCCCCCCCC.CCCCCCCCCC.CCCCCCCCCC.CCCCCCCCCC.CCCCCCCCCC.CCCCCCCCCC.CO[P+](=O)OC. The summed E-state index contributed by atoms with van der Waals surface area (Å²) in [6.45, 7) is 27.2. The van der Waals surface area contributed by atoms with Crippen molar-refractivity contribution in [2.75, 3.05) is 14.2 Å². The van der Waals surface area contributed by atoms with Gasteiger partial charge in [0.2, 0.25) is 0 Å². The lowest BCUT2D eigenvalue weighted by Crippen LogP contribution is -1.77. The van der Waals surface area contributed by atoms with Crippen LogP contribution in [0.3, 0.4) is 0 Å². The molecule has 0 fully saturated rings. The first-order valence-corrected chi connectivity index (χ1v) is 31.9. The third-order valence-corrected chi connectivity index (χ3v) is 12.6. The lowest BCUT2D eigenvalue weighted by molar-refractivity contribution is 0.302. The van der Waals surface area contributed by atoms with E-state index in [1.165, 1.54) is 322 Å². The van der Waals surface area contributed by atoms with Crippen LogP contribution in [0.5, 0.6) is 0 Å². The van der Waals surface area contributed by atoms with Gasteiger partial charge in [-0.15, -0.1) is 9.05 Å². The molecule has 0 amide bonds. The first-order chi connectivity index (χ1) is 32.3. The van der Waals surface area contributed by atoms with Crippen molar-refractivity contribution >= 4 is 8.25 Å². The Bertz CT molecular complexity index is 493. The van der Waals surface area contributed by atoms with Gasteiger partial charge in [-0.3, -0.25) is 0 Å². The molecule has 0 heterocycles. The molecule has 0 unspecified atom stereocenters. The first-order valence-electron chi connectivity index (χ1n) is 30.8. The Morgan fingerprint density at radius 1 is 0.182 bits per heavy atom. The molecule has 0 aromatic heterocycles. The molecule has 0 saturated heterocycles. The van der Waals surface area contributed by atoms with Gasteiger partial charge in [0.25, 0.3) is 0 Å². The molecule has 0 aliphatic heterocycles. The van der Waals surface area contributed by atoms with Crippen molar-refractivity contribution < 1.29 is 13.6 Å². The lowest BCUT2D eigenvalue weighted by Gasteiger charge is -1.97. The van der Waals surface area contributed by atoms with Crippen molar-refractivity contribution in [1.82, 2.24) is 0 Å². The van der Waals surface area contributed by atoms with Crippen molar-refractivity contribution in [3.05, 3.63) is 0 Å². The molecule has 0 spiro atoms. The molecule has 0 saturated carbocycles. The molecule has 0 N–H and O–H groups in total. The number of unbranched alkanes of at least 4 members (excludes halogenated alkanes) is 42. The smallest absolute Gasteiger partial charge is 0.122 e. The van der Waals surface area contributed by atoms with Gasteiger partial charge in [-0.2, -0.15) is 0 Å². The van der Waals surface area contributed by atoms with Crippen molar-refractivity contribution in [2.45, 2.75) is 391 Å². The van der Waals surface area contributed by atoms with Gasteiger partial charge in [0.15, 0.2) is 0 Å². The van der Waals surface area contributed by atoms with Gasteiger partial charge in [0.05, 0.1) is 14.2 Å². The van der Waals surface area contributed by atoms with E-state index >= 15 is 0 Å². The summed E-state index contributed by atoms with van der Waals surface area (Å²) in [5.74, 6) is 0. The Kier molecular flexibility index (Phi) is 115. The maximum atomic E-state index is 9.88. The fraction of sp³-hybridized carbons (Fsp3) is 1.00. The molecule has 0 atom stereocenters. The Hall–Kier alpha value is 0.0200. The van der Waals surface area contributed by atoms with E-state index in [1.54, 1.807) is 0 Å². The second kappa shape index (κ2) is 94.8. The van der Waals surface area contributed by atoms with Crippen LogP contribution < -0.4 is 0 Å². The molecule has 0 bridgehead atoms. The fourth-order valence-corrected chi connectivity index (χ4v) is 7.47. The van der Waals surface area contributed by atoms with Crippen LogP contribution in [0, 0.1) is 0 Å². The van der Waals surface area contributed by atoms with E-state index in [-0.39, 0.29) is 0 Å². The molecule has 0 rings (SSSR count). The first kappa shape index (κ1) is 80.1. The van der Waals surface area contributed by atoms with Gasteiger partial charge in [-0.05, 0) is 0 Å². The van der Waals surface area contributed by atoms with Crippen molar-refractivity contribution in [2.24, 2.45) is 0 Å². The predicted octanol–water partition coefficient (Wildman–Crippen LogP) is 25.8. The molecule has 0 aromatic rings. The standard InChI is InChI=1S/6C10H22.C2H6O3P/c6*1-3-5-7-9-10-8-6-4-2;1-4-6(3)5-2/h6*3-10H2,1-2H3;1-2H3/q;;;;;;+1. The Morgan fingerprint density at radius 3 is 0.303 bits per heavy atom. The molecule has 66 heavy (non-hydrogen) atoms. The third-order valence-electron chi connectivity index (χ3n) is 12.0. The molecule has 0 radical (unpaired) electrons. The Labute approximate surface area is 425 Å². The van der Waals surface area contributed by atoms with Crippen LogP contribution in [-0.4, -0.2) is 14.2 Å². The van der Waals surface area contributed by atoms with Gasteiger partial charge in [-0.25, -0.2) is 0 Å². The molecule has 0 aromatic carbocycles. The maximum absolute atomic E-state index is 9.88. The van der Waals surface area contributed by atoms with Crippen molar-refractivity contribution in [1.29, 1.82) is 0 Å². The zero-order chi connectivity index (χ0) is 50.9. The van der Waals surface area contributed by atoms with E-state index in [4.69, 9.17) is 0 Å². The Balaban J connectivity index is -0.000000124. The second-order valence-electron chi connectivity index (χ2n) is 19.3. The summed E-state index contributed by atoms with van der Waals surface area (Å²) in [7, 11) is 0.817. The second-order valence-corrected chi connectivity index (χ2v) is 20.5. The van der Waals surface area contributed by atoms with E-state index in [0.29, 0.717) is 0 Å². The van der Waals surface area contributed by atoms with Crippen LogP contribution in [0.2, 0.25) is 0 Å². The highest BCUT2D eigenvalue weighted by molar-refractivity contribution is 7.33. The van der Waals surface area contributed by atoms with Gasteiger partial charge in [-0.1, -0.05) is 391 Å². The van der Waals surface area contributed by atoms with Crippen LogP contribution in [0.15, 0.2) is 0 Å². The highest BCUT2D eigenvalue weighted by Gasteiger charge is 2.10. The molecule has 0 aliphatic rings. The lowest BCUT2D eigenvalue weighted by atomic mass is 10.1. The highest BCUT2D eigenvalue weighted by Crippen LogP contribution is 2.18. The van der Waals surface area contributed by atoms with Crippen LogP contribution in [0.4, 0.5) is 0 Å². The highest BCUT2D eigenvalue weighted by atomic mass is 31.1. The van der Waals surface area contributed by atoms with Crippen LogP contribution in [0.25, 0.3) is 0 Å². The van der Waals surface area contributed by atoms with E-state index in [9.17, 15) is 4.57 Å². The quantitative estimate of drug-likeness (QED) is 0.0451. The topological polar surface area (TPSA) is 35.5 Å². The number of rotatable bonds is 44. The molecule has 408 valence electrons. The summed E-state index contributed by atoms with van der Waals surface area (Å²) in [4.78, 5) is 0. The average Bonchev–Trinajstić information content (AvgIpc) is 3.34. The Morgan fingerprint density at radius 2 is 0.258 bits per heavy atom. The molecule has 4 heteroatoms. The minimum atomic E-state index is -1.83. The predicted molar refractivity (Wildman–Crippen MR) is 311 cm³/mol. The summed E-state index contributed by atoms with van der Waals surface area (Å²) >= 11 is 0.